The van der Waals surface area contributed by atoms with E-state index in [1.807, 2.05) is 6.07 Å². The molecule has 0 radical (unpaired) electrons. The fraction of sp³-hybridized carbons (Fsp3) is 0.333. The van der Waals surface area contributed by atoms with E-state index in [9.17, 15) is 0 Å². The maximum absolute atomic E-state index is 5.88. The summed E-state index contributed by atoms with van der Waals surface area (Å²) in [6.45, 7) is 7.59. The normalized spacial score (nSPS) is 12.2. The van der Waals surface area contributed by atoms with Crippen molar-refractivity contribution >= 4 is 0 Å². The number of aryl methyl sites for hydroxylation is 2. The molecule has 2 heteroatoms. The van der Waals surface area contributed by atoms with Gasteiger partial charge in [0.25, 0.3) is 0 Å². The van der Waals surface area contributed by atoms with Gasteiger partial charge in [-0.1, -0.05) is 48.9 Å². The van der Waals surface area contributed by atoms with Gasteiger partial charge in [0.15, 0.2) is 0 Å². The van der Waals surface area contributed by atoms with Crippen molar-refractivity contribution in [3.63, 3.8) is 0 Å². The Labute approximate surface area is 121 Å². The van der Waals surface area contributed by atoms with Crippen molar-refractivity contribution in [3.05, 3.63) is 64.7 Å². The first-order valence-corrected chi connectivity index (χ1v) is 7.09. The van der Waals surface area contributed by atoms with E-state index in [2.05, 4.69) is 57.2 Å². The zero-order valence-electron chi connectivity index (χ0n) is 12.5. The molecule has 0 saturated heterocycles. The third-order valence-electron chi connectivity index (χ3n) is 3.63. The molecule has 0 aliphatic carbocycles. The van der Waals surface area contributed by atoms with Gasteiger partial charge in [0.05, 0.1) is 0 Å². The van der Waals surface area contributed by atoms with Crippen LogP contribution in [-0.4, -0.2) is 6.54 Å². The average Bonchev–Trinajstić information content (AvgIpc) is 2.46. The second-order valence-electron chi connectivity index (χ2n) is 5.44. The number of nitrogens with two attached hydrogens (primary N) is 1. The molecule has 0 saturated carbocycles. The minimum atomic E-state index is 0.407. The van der Waals surface area contributed by atoms with Crippen LogP contribution in [0.4, 0.5) is 0 Å². The number of rotatable bonds is 5. The van der Waals surface area contributed by atoms with Crippen LogP contribution in [0.3, 0.4) is 0 Å². The third-order valence-corrected chi connectivity index (χ3v) is 3.63. The molecule has 2 aromatic carbocycles. The molecule has 0 spiro atoms. The molecule has 2 nitrogen and oxygen atoms in total. The van der Waals surface area contributed by atoms with Gasteiger partial charge >= 0.3 is 0 Å². The van der Waals surface area contributed by atoms with Gasteiger partial charge in [-0.05, 0) is 49.1 Å². The van der Waals surface area contributed by atoms with Crippen LogP contribution in [0.5, 0.6) is 5.75 Å². The van der Waals surface area contributed by atoms with Crippen LogP contribution in [0, 0.1) is 13.8 Å². The molecule has 2 rings (SSSR count). The summed E-state index contributed by atoms with van der Waals surface area (Å²) in [7, 11) is 0. The summed E-state index contributed by atoms with van der Waals surface area (Å²) in [4.78, 5) is 0. The Morgan fingerprint density at radius 1 is 1.05 bits per heavy atom. The molecule has 0 bridgehead atoms. The van der Waals surface area contributed by atoms with Crippen LogP contribution in [0.15, 0.2) is 42.5 Å². The van der Waals surface area contributed by atoms with E-state index in [0.717, 1.165) is 5.75 Å². The molecule has 2 aromatic rings. The predicted octanol–water partition coefficient (Wildman–Crippen LogP) is 3.94. The van der Waals surface area contributed by atoms with Crippen LogP contribution in [0.1, 0.15) is 35.1 Å². The Kier molecular flexibility index (Phi) is 4.80. The minimum Gasteiger partial charge on any atom is -0.489 e. The summed E-state index contributed by atoms with van der Waals surface area (Å²) in [5, 5.41) is 0. The summed E-state index contributed by atoms with van der Waals surface area (Å²) in [6.07, 6.45) is 0. The molecule has 0 aliphatic heterocycles. The maximum Gasteiger partial charge on any atom is 0.122 e. The highest BCUT2D eigenvalue weighted by Crippen LogP contribution is 2.21. The zero-order valence-corrected chi connectivity index (χ0v) is 12.5. The van der Waals surface area contributed by atoms with Gasteiger partial charge in [-0.3, -0.25) is 0 Å². The lowest BCUT2D eigenvalue weighted by Gasteiger charge is -2.12. The molecule has 0 aliphatic rings. The third kappa shape index (κ3) is 3.61. The van der Waals surface area contributed by atoms with E-state index in [1.54, 1.807) is 0 Å². The number of hydrogen-bond donors (Lipinski definition) is 1. The largest absolute Gasteiger partial charge is 0.489 e. The summed E-state index contributed by atoms with van der Waals surface area (Å²) >= 11 is 0. The van der Waals surface area contributed by atoms with Crippen molar-refractivity contribution in [3.8, 4) is 5.75 Å². The predicted molar refractivity (Wildman–Crippen MR) is 84.2 cm³/mol. The zero-order chi connectivity index (χ0) is 14.5. The maximum atomic E-state index is 5.88. The summed E-state index contributed by atoms with van der Waals surface area (Å²) in [5.41, 5.74) is 10.6. The lowest BCUT2D eigenvalue weighted by atomic mass is 10.0. The highest BCUT2D eigenvalue weighted by molar-refractivity contribution is 5.36. The molecule has 1 atom stereocenters. The van der Waals surface area contributed by atoms with Gasteiger partial charge in [-0.15, -0.1) is 0 Å². The first kappa shape index (κ1) is 14.6. The first-order chi connectivity index (χ1) is 9.60. The summed E-state index contributed by atoms with van der Waals surface area (Å²) < 4.78 is 5.88. The monoisotopic (exact) mass is 269 g/mol. The Balaban J connectivity index is 2.00. The van der Waals surface area contributed by atoms with Crippen LogP contribution >= 0.6 is 0 Å². The number of benzene rings is 2. The van der Waals surface area contributed by atoms with Crippen molar-refractivity contribution in [1.82, 2.24) is 0 Å². The van der Waals surface area contributed by atoms with Gasteiger partial charge < -0.3 is 10.5 Å². The number of ether oxygens (including phenoxy) is 1. The van der Waals surface area contributed by atoms with Crippen molar-refractivity contribution in [2.45, 2.75) is 33.3 Å². The lowest BCUT2D eigenvalue weighted by molar-refractivity contribution is 0.304. The van der Waals surface area contributed by atoms with Gasteiger partial charge in [0.2, 0.25) is 0 Å². The number of hydrogen-bond acceptors (Lipinski definition) is 2. The van der Waals surface area contributed by atoms with E-state index >= 15 is 0 Å². The van der Waals surface area contributed by atoms with Crippen LogP contribution < -0.4 is 10.5 Å². The van der Waals surface area contributed by atoms with E-state index in [0.29, 0.717) is 19.1 Å². The Hall–Kier alpha value is -1.80. The molecule has 0 heterocycles. The fourth-order valence-electron chi connectivity index (χ4n) is 2.20. The summed E-state index contributed by atoms with van der Waals surface area (Å²) in [6, 6.07) is 14.8. The van der Waals surface area contributed by atoms with Gasteiger partial charge in [-0.25, -0.2) is 0 Å². The van der Waals surface area contributed by atoms with E-state index in [-0.39, 0.29) is 0 Å². The van der Waals surface area contributed by atoms with Gasteiger partial charge in [0, 0.05) is 0 Å². The summed E-state index contributed by atoms with van der Waals surface area (Å²) in [5.74, 6) is 1.36. The lowest BCUT2D eigenvalue weighted by Crippen LogP contribution is -2.08. The average molecular weight is 269 g/mol. The standard InChI is InChI=1S/C18H23NO/c1-13-4-9-18(14(2)10-13)20-12-16-5-7-17(8-6-16)15(3)11-19/h4-10,15H,11-12,19H2,1-3H3. The highest BCUT2D eigenvalue weighted by atomic mass is 16.5. The fourth-order valence-corrected chi connectivity index (χ4v) is 2.20. The molecule has 2 N–H and O–H groups in total. The van der Waals surface area contributed by atoms with E-state index in [1.165, 1.54) is 22.3 Å². The first-order valence-electron chi connectivity index (χ1n) is 7.09. The van der Waals surface area contributed by atoms with Crippen LogP contribution in [0.2, 0.25) is 0 Å². The quantitative estimate of drug-likeness (QED) is 0.892. The minimum absolute atomic E-state index is 0.407. The van der Waals surface area contributed by atoms with Crippen LogP contribution in [-0.2, 0) is 6.61 Å². The van der Waals surface area contributed by atoms with Crippen LogP contribution in [0.25, 0.3) is 0 Å². The SMILES string of the molecule is Cc1ccc(OCc2ccc(C(C)CN)cc2)c(C)c1. The molecule has 1 unspecified atom stereocenters. The highest BCUT2D eigenvalue weighted by Gasteiger charge is 2.04. The van der Waals surface area contributed by atoms with Crippen molar-refractivity contribution in [2.75, 3.05) is 6.54 Å². The van der Waals surface area contributed by atoms with E-state index < -0.39 is 0 Å². The molecule has 106 valence electrons. The second-order valence-corrected chi connectivity index (χ2v) is 5.44. The smallest absolute Gasteiger partial charge is 0.122 e. The van der Waals surface area contributed by atoms with Gasteiger partial charge in [0.1, 0.15) is 12.4 Å². The molecular weight excluding hydrogens is 246 g/mol. The van der Waals surface area contributed by atoms with Crippen molar-refractivity contribution in [1.29, 1.82) is 0 Å². The van der Waals surface area contributed by atoms with Crippen molar-refractivity contribution < 1.29 is 4.74 Å². The molecular formula is C18H23NO. The molecule has 0 aromatic heterocycles. The molecule has 0 amide bonds. The Morgan fingerprint density at radius 2 is 1.75 bits per heavy atom. The van der Waals surface area contributed by atoms with Gasteiger partial charge in [-0.2, -0.15) is 0 Å². The van der Waals surface area contributed by atoms with E-state index in [4.69, 9.17) is 10.5 Å². The topological polar surface area (TPSA) is 35.2 Å². The Morgan fingerprint density at radius 3 is 2.35 bits per heavy atom. The molecule has 20 heavy (non-hydrogen) atoms. The van der Waals surface area contributed by atoms with Crippen molar-refractivity contribution in [2.24, 2.45) is 5.73 Å². The Bertz CT molecular complexity index is 560. The second kappa shape index (κ2) is 6.58. The molecule has 0 fully saturated rings.